The summed E-state index contributed by atoms with van der Waals surface area (Å²) in [5.41, 5.74) is 1.98. The van der Waals surface area contributed by atoms with Crippen LogP contribution in [0.3, 0.4) is 0 Å². The number of rotatable bonds is 7. The highest BCUT2D eigenvalue weighted by Gasteiger charge is 2.33. The Morgan fingerprint density at radius 2 is 1.86 bits per heavy atom. The molecule has 0 bridgehead atoms. The first-order chi connectivity index (χ1) is 17.7. The number of para-hydroxylation sites is 1. The lowest BCUT2D eigenvalue weighted by atomic mass is 10.0. The number of amides is 4. The van der Waals surface area contributed by atoms with Crippen molar-refractivity contribution in [2.75, 3.05) is 37.4 Å². The van der Waals surface area contributed by atoms with Gasteiger partial charge in [-0.15, -0.1) is 0 Å². The first kappa shape index (κ1) is 26.5. The fourth-order valence-corrected chi connectivity index (χ4v) is 4.41. The Hall–Kier alpha value is -3.59. The highest BCUT2D eigenvalue weighted by molar-refractivity contribution is 5.94. The van der Waals surface area contributed by atoms with E-state index in [0.29, 0.717) is 29.2 Å². The van der Waals surface area contributed by atoms with Gasteiger partial charge < -0.3 is 30.3 Å². The summed E-state index contributed by atoms with van der Waals surface area (Å²) in [4.78, 5) is 41.7. The molecule has 0 saturated heterocycles. The summed E-state index contributed by atoms with van der Waals surface area (Å²) in [6.45, 7) is 4.29. The Morgan fingerprint density at radius 3 is 2.54 bits per heavy atom. The van der Waals surface area contributed by atoms with E-state index in [1.807, 2.05) is 44.2 Å². The molecule has 2 aromatic carbocycles. The second-order valence-corrected chi connectivity index (χ2v) is 10.2. The van der Waals surface area contributed by atoms with Crippen LogP contribution in [0, 0.1) is 11.8 Å². The molecule has 37 heavy (non-hydrogen) atoms. The normalized spacial score (nSPS) is 20.4. The summed E-state index contributed by atoms with van der Waals surface area (Å²) >= 11 is 0. The third kappa shape index (κ3) is 6.80. The number of nitrogens with one attached hydrogen (secondary N) is 2. The maximum Gasteiger partial charge on any atom is 0.321 e. The predicted octanol–water partition coefficient (Wildman–Crippen LogP) is 3.35. The van der Waals surface area contributed by atoms with Crippen LogP contribution in [-0.2, 0) is 16.0 Å². The standard InChI is InChI=1S/C28H36N4O5/c1-18-15-32(19(2)17-33)26(34)14-21-13-23(29-27(35)20-9-10-20)11-12-24(21)37-25(18)16-31(3)28(36)30-22-7-5-4-6-8-22/h4-8,11-13,18-20,25,33H,9-10,14-17H2,1-3H3,(H,29,35)(H,30,36)/t18-,19+,25+/m1/s1. The van der Waals surface area contributed by atoms with Crippen LogP contribution in [0.1, 0.15) is 32.3 Å². The van der Waals surface area contributed by atoms with Gasteiger partial charge in [-0.2, -0.15) is 0 Å². The molecule has 1 aliphatic heterocycles. The predicted molar refractivity (Wildman–Crippen MR) is 141 cm³/mol. The Kier molecular flexibility index (Phi) is 8.33. The van der Waals surface area contributed by atoms with E-state index in [1.165, 1.54) is 0 Å². The van der Waals surface area contributed by atoms with Crippen molar-refractivity contribution in [2.45, 2.75) is 45.3 Å². The van der Waals surface area contributed by atoms with Gasteiger partial charge in [0.05, 0.1) is 25.6 Å². The van der Waals surface area contributed by atoms with Crippen molar-refractivity contribution in [1.82, 2.24) is 9.80 Å². The number of hydrogen-bond acceptors (Lipinski definition) is 5. The summed E-state index contributed by atoms with van der Waals surface area (Å²) in [7, 11) is 1.71. The average molecular weight is 509 g/mol. The van der Waals surface area contributed by atoms with Gasteiger partial charge in [-0.05, 0) is 50.1 Å². The lowest BCUT2D eigenvalue weighted by molar-refractivity contribution is -0.134. The molecule has 1 aliphatic carbocycles. The van der Waals surface area contributed by atoms with Crippen molar-refractivity contribution < 1.29 is 24.2 Å². The van der Waals surface area contributed by atoms with E-state index in [0.717, 1.165) is 12.8 Å². The first-order valence-electron chi connectivity index (χ1n) is 12.8. The van der Waals surface area contributed by atoms with Crippen LogP contribution in [0.4, 0.5) is 16.2 Å². The number of benzene rings is 2. The van der Waals surface area contributed by atoms with E-state index < -0.39 is 6.10 Å². The molecule has 1 heterocycles. The summed E-state index contributed by atoms with van der Waals surface area (Å²) in [5.74, 6) is 0.338. The second-order valence-electron chi connectivity index (χ2n) is 10.2. The lowest BCUT2D eigenvalue weighted by Gasteiger charge is -2.34. The van der Waals surface area contributed by atoms with Gasteiger partial charge in [0, 0.05) is 42.4 Å². The van der Waals surface area contributed by atoms with Crippen LogP contribution in [0.2, 0.25) is 0 Å². The molecule has 2 aliphatic rings. The number of aliphatic hydroxyl groups is 1. The average Bonchev–Trinajstić information content (AvgIpc) is 3.73. The molecule has 4 amide bonds. The molecule has 198 valence electrons. The molecule has 9 nitrogen and oxygen atoms in total. The Balaban J connectivity index is 1.57. The van der Waals surface area contributed by atoms with E-state index in [-0.39, 0.29) is 55.3 Å². The highest BCUT2D eigenvalue weighted by atomic mass is 16.5. The van der Waals surface area contributed by atoms with E-state index in [4.69, 9.17) is 4.74 Å². The Labute approximate surface area is 217 Å². The molecule has 3 N–H and O–H groups in total. The van der Waals surface area contributed by atoms with Crippen molar-refractivity contribution >= 4 is 29.2 Å². The van der Waals surface area contributed by atoms with Crippen LogP contribution < -0.4 is 15.4 Å². The van der Waals surface area contributed by atoms with Crippen molar-refractivity contribution in [2.24, 2.45) is 11.8 Å². The molecule has 2 aromatic rings. The SMILES string of the molecule is C[C@@H]1CN([C@@H](C)CO)C(=O)Cc2cc(NC(=O)C3CC3)ccc2O[C@H]1CN(C)C(=O)Nc1ccccc1. The molecule has 0 radical (unpaired) electrons. The summed E-state index contributed by atoms with van der Waals surface area (Å²) in [6, 6.07) is 13.9. The van der Waals surface area contributed by atoms with Crippen molar-refractivity contribution in [3.63, 3.8) is 0 Å². The molecular formula is C28H36N4O5. The molecule has 0 spiro atoms. The molecule has 9 heteroatoms. The topological polar surface area (TPSA) is 111 Å². The van der Waals surface area contributed by atoms with Crippen LogP contribution in [0.5, 0.6) is 5.75 Å². The fourth-order valence-electron chi connectivity index (χ4n) is 4.41. The minimum atomic E-state index is -0.420. The van der Waals surface area contributed by atoms with Gasteiger partial charge in [-0.25, -0.2) is 4.79 Å². The number of nitrogens with zero attached hydrogens (tertiary/aromatic N) is 2. The third-order valence-corrected chi connectivity index (χ3v) is 6.96. The van der Waals surface area contributed by atoms with E-state index >= 15 is 0 Å². The monoisotopic (exact) mass is 508 g/mol. The zero-order valence-electron chi connectivity index (χ0n) is 21.6. The quantitative estimate of drug-likeness (QED) is 0.531. The molecule has 1 saturated carbocycles. The van der Waals surface area contributed by atoms with Gasteiger partial charge in [0.2, 0.25) is 11.8 Å². The van der Waals surface area contributed by atoms with E-state index in [2.05, 4.69) is 10.6 Å². The molecular weight excluding hydrogens is 472 g/mol. The van der Waals surface area contributed by atoms with Crippen LogP contribution in [0.25, 0.3) is 0 Å². The van der Waals surface area contributed by atoms with Gasteiger partial charge in [-0.3, -0.25) is 9.59 Å². The number of hydrogen-bond donors (Lipinski definition) is 3. The van der Waals surface area contributed by atoms with Crippen LogP contribution in [-0.4, -0.2) is 71.6 Å². The highest BCUT2D eigenvalue weighted by Crippen LogP contribution is 2.32. The van der Waals surface area contributed by atoms with Gasteiger partial charge in [0.25, 0.3) is 0 Å². The van der Waals surface area contributed by atoms with Gasteiger partial charge >= 0.3 is 6.03 Å². The fraction of sp³-hybridized carbons (Fsp3) is 0.464. The van der Waals surface area contributed by atoms with Gasteiger partial charge in [-0.1, -0.05) is 25.1 Å². The largest absolute Gasteiger partial charge is 0.488 e. The number of carbonyl (C=O) groups is 3. The van der Waals surface area contributed by atoms with Crippen molar-refractivity contribution in [3.05, 3.63) is 54.1 Å². The lowest BCUT2D eigenvalue weighted by Crippen LogP contribution is -2.48. The number of fused-ring (bicyclic) bond motifs is 1. The minimum Gasteiger partial charge on any atom is -0.488 e. The minimum absolute atomic E-state index is 0.0108. The van der Waals surface area contributed by atoms with Crippen molar-refractivity contribution in [1.29, 1.82) is 0 Å². The van der Waals surface area contributed by atoms with Gasteiger partial charge in [0.15, 0.2) is 0 Å². The van der Waals surface area contributed by atoms with Crippen LogP contribution >= 0.6 is 0 Å². The summed E-state index contributed by atoms with van der Waals surface area (Å²) < 4.78 is 6.45. The molecule has 4 rings (SSSR count). The molecule has 0 unspecified atom stereocenters. The zero-order valence-corrected chi connectivity index (χ0v) is 21.6. The summed E-state index contributed by atoms with van der Waals surface area (Å²) in [5, 5.41) is 15.6. The van der Waals surface area contributed by atoms with Crippen LogP contribution in [0.15, 0.2) is 48.5 Å². The Morgan fingerprint density at radius 1 is 1.14 bits per heavy atom. The molecule has 0 aromatic heterocycles. The van der Waals surface area contributed by atoms with Crippen molar-refractivity contribution in [3.8, 4) is 5.75 Å². The molecule has 3 atom stereocenters. The summed E-state index contributed by atoms with van der Waals surface area (Å²) in [6.07, 6.45) is 1.46. The Bertz CT molecular complexity index is 1120. The number of aliphatic hydroxyl groups excluding tert-OH is 1. The second kappa shape index (κ2) is 11.6. The number of likely N-dealkylation sites (N-methyl/N-ethyl adjacent to an activating group) is 1. The van der Waals surface area contributed by atoms with E-state index in [1.54, 1.807) is 35.0 Å². The smallest absolute Gasteiger partial charge is 0.321 e. The number of ether oxygens (including phenoxy) is 1. The van der Waals surface area contributed by atoms with Gasteiger partial charge in [0.1, 0.15) is 11.9 Å². The number of urea groups is 1. The number of carbonyl (C=O) groups excluding carboxylic acids is 3. The maximum absolute atomic E-state index is 13.3. The third-order valence-electron chi connectivity index (χ3n) is 6.96. The first-order valence-corrected chi connectivity index (χ1v) is 12.8. The zero-order chi connectivity index (χ0) is 26.5. The molecule has 1 fully saturated rings. The number of anilines is 2. The maximum atomic E-state index is 13.3. The van der Waals surface area contributed by atoms with E-state index in [9.17, 15) is 19.5 Å².